The molecule has 0 heterocycles. The molecule has 1 nitrogen and oxygen atoms in total. The summed E-state index contributed by atoms with van der Waals surface area (Å²) >= 11 is 0. The van der Waals surface area contributed by atoms with Crippen molar-refractivity contribution in [1.82, 2.24) is 0 Å². The maximum atomic E-state index is 9.47. The second kappa shape index (κ2) is 10.6. The molecule has 0 bridgehead atoms. The molecule has 7 atom stereocenters. The lowest BCUT2D eigenvalue weighted by Gasteiger charge is -2.58. The lowest BCUT2D eigenvalue weighted by molar-refractivity contribution is -0.0465. The first-order valence-electron chi connectivity index (χ1n) is 12.3. The Morgan fingerprint density at radius 3 is 2.29 bits per heavy atom. The fraction of sp³-hybridized carbons (Fsp3) is 0.926. The Balaban J connectivity index is 0.000000739. The van der Waals surface area contributed by atoms with Crippen molar-refractivity contribution in [2.75, 3.05) is 6.61 Å². The van der Waals surface area contributed by atoms with Crippen LogP contribution in [0.15, 0.2) is 11.6 Å². The van der Waals surface area contributed by atoms with Gasteiger partial charge in [0.05, 0.1) is 0 Å². The Kier molecular flexibility index (Phi) is 9.79. The summed E-state index contributed by atoms with van der Waals surface area (Å²) in [6, 6.07) is 0. The van der Waals surface area contributed by atoms with Gasteiger partial charge in [-0.2, -0.15) is 0 Å². The molecule has 0 radical (unpaired) electrons. The molecule has 28 heavy (non-hydrogen) atoms. The number of rotatable bonds is 2. The van der Waals surface area contributed by atoms with Crippen molar-refractivity contribution in [2.45, 2.75) is 114 Å². The van der Waals surface area contributed by atoms with Gasteiger partial charge in [0.25, 0.3) is 0 Å². The van der Waals surface area contributed by atoms with Gasteiger partial charge in [0.2, 0.25) is 0 Å². The summed E-state index contributed by atoms with van der Waals surface area (Å²) in [5, 5.41) is 9.47. The van der Waals surface area contributed by atoms with E-state index < -0.39 is 0 Å². The van der Waals surface area contributed by atoms with Crippen LogP contribution in [-0.4, -0.2) is 11.7 Å². The Morgan fingerprint density at radius 2 is 1.64 bits per heavy atom. The molecule has 0 spiro atoms. The molecule has 0 aromatic heterocycles. The Hall–Kier alpha value is -0.300. The van der Waals surface area contributed by atoms with Crippen molar-refractivity contribution in [1.29, 1.82) is 0 Å². The summed E-state index contributed by atoms with van der Waals surface area (Å²) < 4.78 is 0. The quantitative estimate of drug-likeness (QED) is 0.469. The average molecular weight is 393 g/mol. The molecule has 166 valence electrons. The van der Waals surface area contributed by atoms with Crippen LogP contribution in [-0.2, 0) is 0 Å². The molecule has 1 heteroatoms. The summed E-state index contributed by atoms with van der Waals surface area (Å²) in [5.41, 5.74) is 2.87. The Bertz CT molecular complexity index is 494. The maximum Gasteiger partial charge on any atom is 0.0433 e. The first-order chi connectivity index (χ1) is 13.0. The first kappa shape index (κ1) is 25.7. The number of hydrogen-bond acceptors (Lipinski definition) is 1. The summed E-state index contributed by atoms with van der Waals surface area (Å²) in [7, 11) is 0. The zero-order valence-electron chi connectivity index (χ0n) is 19.5. The van der Waals surface area contributed by atoms with E-state index in [1.54, 1.807) is 0 Å². The zero-order valence-corrected chi connectivity index (χ0v) is 19.5. The van der Waals surface area contributed by atoms with E-state index in [9.17, 15) is 5.11 Å². The lowest BCUT2D eigenvalue weighted by Crippen LogP contribution is -2.50. The second-order valence-electron chi connectivity index (χ2n) is 9.94. The monoisotopic (exact) mass is 392 g/mol. The molecule has 4 rings (SSSR count). The number of hydrogen-bond donors (Lipinski definition) is 1. The Labute approximate surface area is 177 Å². The van der Waals surface area contributed by atoms with Crippen molar-refractivity contribution in [3.63, 3.8) is 0 Å². The van der Waals surface area contributed by atoms with Gasteiger partial charge >= 0.3 is 0 Å². The van der Waals surface area contributed by atoms with Crippen molar-refractivity contribution in [3.05, 3.63) is 11.6 Å². The molecule has 3 saturated carbocycles. The summed E-state index contributed by atoms with van der Waals surface area (Å²) in [5.74, 6) is 4.48. The van der Waals surface area contributed by atoms with Gasteiger partial charge in [0.15, 0.2) is 0 Å². The molecule has 0 aromatic rings. The average Bonchev–Trinajstić information content (AvgIpc) is 3.02. The van der Waals surface area contributed by atoms with Crippen LogP contribution < -0.4 is 0 Å². The minimum atomic E-state index is 0. The number of allylic oxidation sites excluding steroid dienone is 2. The van der Waals surface area contributed by atoms with Gasteiger partial charge < -0.3 is 5.11 Å². The van der Waals surface area contributed by atoms with Gasteiger partial charge in [-0.25, -0.2) is 0 Å². The van der Waals surface area contributed by atoms with Crippen molar-refractivity contribution in [3.8, 4) is 0 Å². The molecule has 4 aliphatic rings. The summed E-state index contributed by atoms with van der Waals surface area (Å²) in [4.78, 5) is 0. The topological polar surface area (TPSA) is 20.2 Å². The van der Waals surface area contributed by atoms with E-state index in [0.717, 1.165) is 36.0 Å². The molecule has 1 N–H and O–H groups in total. The maximum absolute atomic E-state index is 9.47. The van der Waals surface area contributed by atoms with Crippen LogP contribution in [0.3, 0.4) is 0 Å². The largest absolute Gasteiger partial charge is 0.396 e. The fourth-order valence-corrected chi connectivity index (χ4v) is 7.58. The number of aliphatic hydroxyl groups excluding tert-OH is 1. The molecule has 0 amide bonds. The van der Waals surface area contributed by atoms with E-state index in [1.165, 1.54) is 51.4 Å². The van der Waals surface area contributed by atoms with E-state index in [2.05, 4.69) is 26.8 Å². The van der Waals surface area contributed by atoms with Gasteiger partial charge in [0, 0.05) is 6.61 Å². The predicted octanol–water partition coefficient (Wildman–Crippen LogP) is 8.27. The highest BCUT2D eigenvalue weighted by atomic mass is 16.3. The highest BCUT2D eigenvalue weighted by Crippen LogP contribution is 2.66. The van der Waals surface area contributed by atoms with Crippen LogP contribution in [0, 0.1) is 40.4 Å². The van der Waals surface area contributed by atoms with E-state index >= 15 is 0 Å². The van der Waals surface area contributed by atoms with Crippen LogP contribution in [0.1, 0.15) is 114 Å². The Morgan fingerprint density at radius 1 is 0.964 bits per heavy atom. The molecule has 3 unspecified atom stereocenters. The van der Waals surface area contributed by atoms with E-state index in [1.807, 2.05) is 33.3 Å². The van der Waals surface area contributed by atoms with E-state index in [-0.39, 0.29) is 7.43 Å². The molecule has 0 saturated heterocycles. The van der Waals surface area contributed by atoms with Gasteiger partial charge in [-0.05, 0) is 98.2 Å². The van der Waals surface area contributed by atoms with Crippen molar-refractivity contribution >= 4 is 0 Å². The smallest absolute Gasteiger partial charge is 0.0433 e. The van der Waals surface area contributed by atoms with Crippen LogP contribution in [0.25, 0.3) is 0 Å². The highest BCUT2D eigenvalue weighted by Gasteiger charge is 2.58. The predicted molar refractivity (Wildman–Crippen MR) is 125 cm³/mol. The van der Waals surface area contributed by atoms with Crippen molar-refractivity contribution < 1.29 is 5.11 Å². The third kappa shape index (κ3) is 4.26. The second-order valence-corrected chi connectivity index (χ2v) is 9.94. The van der Waals surface area contributed by atoms with E-state index in [4.69, 9.17) is 0 Å². The minimum absolute atomic E-state index is 0. The summed E-state index contributed by atoms with van der Waals surface area (Å²) in [6.07, 6.45) is 15.0. The molecular weight excluding hydrogens is 340 g/mol. The normalized spacial score (nSPS) is 43.4. The van der Waals surface area contributed by atoms with Crippen LogP contribution in [0.5, 0.6) is 0 Å². The molecule has 0 aromatic carbocycles. The fourth-order valence-electron chi connectivity index (χ4n) is 7.58. The van der Waals surface area contributed by atoms with Gasteiger partial charge in [-0.3, -0.25) is 0 Å². The van der Waals surface area contributed by atoms with Gasteiger partial charge in [0.1, 0.15) is 0 Å². The highest BCUT2D eigenvalue weighted by molar-refractivity contribution is 5.24. The number of aliphatic hydroxyl groups is 1. The first-order valence-corrected chi connectivity index (χ1v) is 12.3. The number of fused-ring (bicyclic) bond motifs is 5. The molecule has 4 aliphatic carbocycles. The lowest BCUT2D eigenvalue weighted by atomic mass is 9.47. The van der Waals surface area contributed by atoms with Crippen molar-refractivity contribution in [2.24, 2.45) is 40.4 Å². The van der Waals surface area contributed by atoms with Crippen LogP contribution in [0.4, 0.5) is 0 Å². The summed E-state index contributed by atoms with van der Waals surface area (Å²) in [6.45, 7) is 16.0. The third-order valence-electron chi connectivity index (χ3n) is 9.02. The van der Waals surface area contributed by atoms with Crippen LogP contribution >= 0.6 is 0 Å². The van der Waals surface area contributed by atoms with Crippen LogP contribution in [0.2, 0.25) is 0 Å². The molecular formula is C27H52O. The molecule has 3 fully saturated rings. The van der Waals surface area contributed by atoms with Gasteiger partial charge in [-0.1, -0.05) is 67.5 Å². The minimum Gasteiger partial charge on any atom is -0.396 e. The van der Waals surface area contributed by atoms with E-state index in [0.29, 0.717) is 17.4 Å². The molecule has 0 aliphatic heterocycles. The van der Waals surface area contributed by atoms with Gasteiger partial charge in [-0.15, -0.1) is 0 Å². The SMILES string of the molecule is C.CC.CC.C[C@H]1CC[C@@]2(C)C(=CC[C@H]3C4CCC(CCO)[C@@]4(C)CCC32)C1. The standard InChI is InChI=1S/C22H36O.2C2H6.CH4/c1-15-8-11-22(3)17(14-15)4-6-18-19-7-5-16(10-13-23)21(19,2)12-9-20(18)22;2*1-2;/h4,15-16,18-20,23H,5-14H2,1-3H3;2*1-2H3;1H4/t15-,16?,18-,19?,20?,21+,22-;;;/m0.../s1. The third-order valence-corrected chi connectivity index (χ3v) is 9.02. The zero-order chi connectivity index (χ0) is 20.2.